The van der Waals surface area contributed by atoms with Crippen molar-refractivity contribution in [3.63, 3.8) is 0 Å². The maximum Gasteiger partial charge on any atom is 0.0847 e. The van der Waals surface area contributed by atoms with Crippen molar-refractivity contribution in [2.75, 3.05) is 7.05 Å². The van der Waals surface area contributed by atoms with Crippen LogP contribution in [0, 0.1) is 6.92 Å². The van der Waals surface area contributed by atoms with Crippen LogP contribution in [0.2, 0.25) is 5.02 Å². The molecule has 3 nitrogen and oxygen atoms in total. The lowest BCUT2D eigenvalue weighted by Gasteiger charge is -2.14. The van der Waals surface area contributed by atoms with Crippen LogP contribution >= 0.6 is 22.9 Å². The van der Waals surface area contributed by atoms with Crippen molar-refractivity contribution >= 4 is 22.9 Å². The summed E-state index contributed by atoms with van der Waals surface area (Å²) in [7, 11) is 3.91. The van der Waals surface area contributed by atoms with Crippen molar-refractivity contribution in [2.24, 2.45) is 7.05 Å². The lowest BCUT2D eigenvalue weighted by Crippen LogP contribution is -2.19. The number of rotatable bonds is 4. The van der Waals surface area contributed by atoms with Crippen LogP contribution in [0.1, 0.15) is 22.3 Å². The number of nitrogens with zero attached hydrogens (tertiary/aromatic N) is 2. The number of aromatic nitrogens is 2. The maximum absolute atomic E-state index is 6.27. The highest BCUT2D eigenvalue weighted by atomic mass is 35.5. The molecule has 0 bridgehead atoms. The van der Waals surface area contributed by atoms with E-state index < -0.39 is 0 Å². The summed E-state index contributed by atoms with van der Waals surface area (Å²) >= 11 is 8.03. The van der Waals surface area contributed by atoms with E-state index in [1.807, 2.05) is 25.7 Å². The van der Waals surface area contributed by atoms with Crippen molar-refractivity contribution in [3.8, 4) is 0 Å². The fourth-order valence-corrected chi connectivity index (χ4v) is 3.00. The summed E-state index contributed by atoms with van der Waals surface area (Å²) in [5, 5.41) is 10.5. The molecule has 2 aromatic rings. The molecule has 2 aromatic heterocycles. The maximum atomic E-state index is 6.27. The van der Waals surface area contributed by atoms with Gasteiger partial charge in [0.2, 0.25) is 0 Å². The van der Waals surface area contributed by atoms with Crippen LogP contribution in [0.3, 0.4) is 0 Å². The number of likely N-dealkylation sites (N-methyl/N-ethyl adjacent to an activating group) is 1. The van der Waals surface area contributed by atoms with Crippen LogP contribution in [0.5, 0.6) is 0 Å². The minimum Gasteiger partial charge on any atom is -0.312 e. The Morgan fingerprint density at radius 1 is 1.59 bits per heavy atom. The molecular weight excluding hydrogens is 254 g/mol. The van der Waals surface area contributed by atoms with E-state index in [4.69, 9.17) is 11.6 Å². The van der Waals surface area contributed by atoms with Crippen molar-refractivity contribution in [1.82, 2.24) is 15.1 Å². The first-order valence-electron chi connectivity index (χ1n) is 5.52. The van der Waals surface area contributed by atoms with Crippen LogP contribution in [0.15, 0.2) is 17.5 Å². The molecule has 0 aliphatic heterocycles. The molecule has 0 aliphatic rings. The average molecular weight is 270 g/mol. The van der Waals surface area contributed by atoms with Crippen molar-refractivity contribution in [1.29, 1.82) is 0 Å². The zero-order valence-corrected chi connectivity index (χ0v) is 11.8. The third kappa shape index (κ3) is 2.54. The summed E-state index contributed by atoms with van der Waals surface area (Å²) < 4.78 is 1.87. The molecule has 0 amide bonds. The quantitative estimate of drug-likeness (QED) is 0.925. The Hall–Kier alpha value is -0.840. The normalized spacial score (nSPS) is 12.9. The smallest absolute Gasteiger partial charge is 0.0847 e. The molecule has 0 saturated heterocycles. The highest BCUT2D eigenvalue weighted by molar-refractivity contribution is 7.10. The van der Waals surface area contributed by atoms with E-state index in [9.17, 15) is 0 Å². The fourth-order valence-electron chi connectivity index (χ4n) is 1.93. The van der Waals surface area contributed by atoms with Gasteiger partial charge >= 0.3 is 0 Å². The lowest BCUT2D eigenvalue weighted by atomic mass is 10.1. The van der Waals surface area contributed by atoms with E-state index in [1.54, 1.807) is 11.3 Å². The van der Waals surface area contributed by atoms with Gasteiger partial charge in [-0.15, -0.1) is 11.3 Å². The van der Waals surface area contributed by atoms with Gasteiger partial charge in [-0.1, -0.05) is 17.7 Å². The van der Waals surface area contributed by atoms with Gasteiger partial charge in [-0.2, -0.15) is 5.10 Å². The Balaban J connectivity index is 2.24. The predicted molar refractivity (Wildman–Crippen MR) is 72.8 cm³/mol. The number of hydrogen-bond donors (Lipinski definition) is 1. The number of hydrogen-bond acceptors (Lipinski definition) is 3. The number of halogens is 1. The standard InChI is InChI=1S/C12H16ClN3S/c1-8-12(13)10(16(3)15-8)7-9(14-2)11-5-4-6-17-11/h4-6,9,14H,7H2,1-3H3. The highest BCUT2D eigenvalue weighted by Gasteiger charge is 2.17. The van der Waals surface area contributed by atoms with Crippen LogP contribution in [0.25, 0.3) is 0 Å². The first kappa shape index (κ1) is 12.6. The van der Waals surface area contributed by atoms with Gasteiger partial charge in [0, 0.05) is 24.4 Å². The lowest BCUT2D eigenvalue weighted by molar-refractivity contribution is 0.569. The fraction of sp³-hybridized carbons (Fsp3) is 0.417. The number of thiophene rings is 1. The van der Waals surface area contributed by atoms with Crippen LogP contribution in [-0.2, 0) is 13.5 Å². The zero-order valence-electron chi connectivity index (χ0n) is 10.2. The Morgan fingerprint density at radius 3 is 2.82 bits per heavy atom. The first-order chi connectivity index (χ1) is 8.13. The number of nitrogens with one attached hydrogen (secondary N) is 1. The molecule has 0 saturated carbocycles. The first-order valence-corrected chi connectivity index (χ1v) is 6.78. The van der Waals surface area contributed by atoms with Crippen molar-refractivity contribution in [3.05, 3.63) is 38.8 Å². The average Bonchev–Trinajstić information content (AvgIpc) is 2.89. The van der Waals surface area contributed by atoms with Gasteiger partial charge in [0.25, 0.3) is 0 Å². The molecule has 0 fully saturated rings. The molecule has 17 heavy (non-hydrogen) atoms. The van der Waals surface area contributed by atoms with E-state index in [0.717, 1.165) is 22.8 Å². The molecule has 0 aliphatic carbocycles. The third-order valence-corrected chi connectivity index (χ3v) is 4.37. The molecule has 1 unspecified atom stereocenters. The SMILES string of the molecule is CNC(Cc1c(Cl)c(C)nn1C)c1cccs1. The molecule has 92 valence electrons. The summed E-state index contributed by atoms with van der Waals surface area (Å²) in [5.74, 6) is 0. The van der Waals surface area contributed by atoms with Crippen LogP contribution in [0.4, 0.5) is 0 Å². The van der Waals surface area contributed by atoms with E-state index >= 15 is 0 Å². The topological polar surface area (TPSA) is 29.9 Å². The molecule has 1 N–H and O–H groups in total. The summed E-state index contributed by atoms with van der Waals surface area (Å²) in [6.45, 7) is 1.94. The molecular formula is C12H16ClN3S. The highest BCUT2D eigenvalue weighted by Crippen LogP contribution is 2.27. The van der Waals surface area contributed by atoms with Gasteiger partial charge in [-0.3, -0.25) is 4.68 Å². The van der Waals surface area contributed by atoms with E-state index in [-0.39, 0.29) is 0 Å². The molecule has 1 atom stereocenters. The Morgan fingerprint density at radius 2 is 2.35 bits per heavy atom. The molecule has 2 rings (SSSR count). The van der Waals surface area contributed by atoms with Gasteiger partial charge in [0.1, 0.15) is 0 Å². The van der Waals surface area contributed by atoms with Gasteiger partial charge in [0.05, 0.1) is 16.4 Å². The summed E-state index contributed by atoms with van der Waals surface area (Å²) in [6.07, 6.45) is 0.854. The summed E-state index contributed by atoms with van der Waals surface area (Å²) in [4.78, 5) is 1.32. The van der Waals surface area contributed by atoms with Crippen molar-refractivity contribution in [2.45, 2.75) is 19.4 Å². The Bertz CT molecular complexity index is 490. The van der Waals surface area contributed by atoms with Gasteiger partial charge < -0.3 is 5.32 Å². The van der Waals surface area contributed by atoms with E-state index in [2.05, 4.69) is 27.9 Å². The number of aryl methyl sites for hydroxylation is 2. The predicted octanol–water partition coefficient (Wildman–Crippen LogP) is 2.95. The second-order valence-electron chi connectivity index (χ2n) is 4.03. The monoisotopic (exact) mass is 269 g/mol. The Labute approximate surface area is 110 Å². The van der Waals surface area contributed by atoms with Gasteiger partial charge in [-0.25, -0.2) is 0 Å². The molecule has 0 aromatic carbocycles. The largest absolute Gasteiger partial charge is 0.312 e. The van der Waals surface area contributed by atoms with Crippen molar-refractivity contribution < 1.29 is 0 Å². The molecule has 0 spiro atoms. The molecule has 5 heteroatoms. The van der Waals surface area contributed by atoms with Crippen LogP contribution < -0.4 is 5.32 Å². The minimum absolute atomic E-state index is 0.294. The summed E-state index contributed by atoms with van der Waals surface area (Å²) in [5.41, 5.74) is 1.97. The summed E-state index contributed by atoms with van der Waals surface area (Å²) in [6, 6.07) is 4.51. The van der Waals surface area contributed by atoms with E-state index in [1.165, 1.54) is 4.88 Å². The van der Waals surface area contributed by atoms with Gasteiger partial charge in [0.15, 0.2) is 0 Å². The minimum atomic E-state index is 0.294. The van der Waals surface area contributed by atoms with Gasteiger partial charge in [-0.05, 0) is 25.4 Å². The molecule has 2 heterocycles. The van der Waals surface area contributed by atoms with E-state index in [0.29, 0.717) is 6.04 Å². The second-order valence-corrected chi connectivity index (χ2v) is 5.39. The zero-order chi connectivity index (χ0) is 12.4. The Kier molecular flexibility index (Phi) is 3.86. The van der Waals surface area contributed by atoms with Crippen LogP contribution in [-0.4, -0.2) is 16.8 Å². The second kappa shape index (κ2) is 5.21. The molecule has 0 radical (unpaired) electrons. The third-order valence-electron chi connectivity index (χ3n) is 2.89.